The molecule has 1 aromatic heterocycles. The van der Waals surface area contributed by atoms with E-state index in [1.807, 2.05) is 6.07 Å². The van der Waals surface area contributed by atoms with Gasteiger partial charge in [-0.1, -0.05) is 0 Å². The summed E-state index contributed by atoms with van der Waals surface area (Å²) in [4.78, 5) is 3.04. The molecule has 0 amide bonds. The number of aromatic nitrogens is 1. The summed E-state index contributed by atoms with van der Waals surface area (Å²) in [5.41, 5.74) is 1.54. The van der Waals surface area contributed by atoms with Crippen molar-refractivity contribution in [2.75, 3.05) is 7.11 Å². The lowest BCUT2D eigenvalue weighted by molar-refractivity contribution is 0.419. The number of fused-ring (bicyclic) bond motifs is 1. The second-order valence-corrected chi connectivity index (χ2v) is 2.69. The summed E-state index contributed by atoms with van der Waals surface area (Å²) in [6.07, 6.45) is 1.80. The smallest absolute Gasteiger partial charge is 0.142 e. The molecule has 0 saturated heterocycles. The molecule has 0 spiro atoms. The van der Waals surface area contributed by atoms with Crippen molar-refractivity contribution >= 4 is 10.9 Å². The topological polar surface area (TPSA) is 48.8 Å². The molecule has 0 aliphatic heterocycles. The van der Waals surface area contributed by atoms with E-state index < -0.39 is 0 Å². The third-order valence-electron chi connectivity index (χ3n) is 2.03. The second-order valence-electron chi connectivity index (χ2n) is 2.69. The van der Waals surface area contributed by atoms with Gasteiger partial charge in [0.05, 0.1) is 24.3 Å². The predicted octanol–water partition coefficient (Wildman–Crippen LogP) is 2.05. The fourth-order valence-electron chi connectivity index (χ4n) is 1.40. The molecule has 1 heterocycles. The Kier molecular flexibility index (Phi) is 1.67. The molecule has 3 heteroatoms. The average molecular weight is 172 g/mol. The van der Waals surface area contributed by atoms with Crippen molar-refractivity contribution in [1.29, 1.82) is 5.26 Å². The maximum atomic E-state index is 8.81. The van der Waals surface area contributed by atoms with E-state index in [4.69, 9.17) is 10.00 Å². The maximum Gasteiger partial charge on any atom is 0.142 e. The third-order valence-corrected chi connectivity index (χ3v) is 2.03. The van der Waals surface area contributed by atoms with Gasteiger partial charge in [-0.25, -0.2) is 0 Å². The highest BCUT2D eigenvalue weighted by Gasteiger charge is 2.05. The molecule has 2 rings (SSSR count). The molecule has 0 bridgehead atoms. The van der Waals surface area contributed by atoms with Crippen molar-refractivity contribution in [2.45, 2.75) is 0 Å². The Labute approximate surface area is 75.6 Å². The Morgan fingerprint density at radius 1 is 1.38 bits per heavy atom. The zero-order chi connectivity index (χ0) is 9.26. The molecule has 0 aliphatic rings. The van der Waals surface area contributed by atoms with Crippen molar-refractivity contribution in [1.82, 2.24) is 4.98 Å². The molecule has 0 fully saturated rings. The number of hydrogen-bond acceptors (Lipinski definition) is 2. The first-order valence-electron chi connectivity index (χ1n) is 3.91. The number of aromatic amines is 1. The summed E-state index contributed by atoms with van der Waals surface area (Å²) >= 11 is 0. The zero-order valence-electron chi connectivity index (χ0n) is 7.16. The summed E-state index contributed by atoms with van der Waals surface area (Å²) in [6.45, 7) is 0. The standard InChI is InChI=1S/C10H8N2O/c1-13-9-3-2-7(6-11)8-4-5-12-10(8)9/h2-5,12H,1H3. The monoisotopic (exact) mass is 172 g/mol. The van der Waals surface area contributed by atoms with Gasteiger partial charge in [0.1, 0.15) is 5.75 Å². The van der Waals surface area contributed by atoms with Crippen LogP contribution in [-0.2, 0) is 0 Å². The Morgan fingerprint density at radius 2 is 2.23 bits per heavy atom. The number of ether oxygens (including phenoxy) is 1. The van der Waals surface area contributed by atoms with E-state index in [0.717, 1.165) is 16.7 Å². The number of H-pyrrole nitrogens is 1. The summed E-state index contributed by atoms with van der Waals surface area (Å²) in [5, 5.41) is 9.72. The van der Waals surface area contributed by atoms with Gasteiger partial charge >= 0.3 is 0 Å². The molecule has 64 valence electrons. The number of nitriles is 1. The van der Waals surface area contributed by atoms with Crippen LogP contribution in [0.2, 0.25) is 0 Å². The lowest BCUT2D eigenvalue weighted by atomic mass is 10.1. The van der Waals surface area contributed by atoms with Crippen LogP contribution in [0.15, 0.2) is 24.4 Å². The minimum atomic E-state index is 0.664. The molecule has 1 N–H and O–H groups in total. The normalized spacial score (nSPS) is 9.85. The van der Waals surface area contributed by atoms with Crippen LogP contribution in [0.5, 0.6) is 5.75 Å². The fraction of sp³-hybridized carbons (Fsp3) is 0.100. The molecule has 0 atom stereocenters. The Balaban J connectivity index is 2.83. The molecule has 0 radical (unpaired) electrons. The van der Waals surface area contributed by atoms with Crippen LogP contribution in [0, 0.1) is 11.3 Å². The Bertz CT molecular complexity index is 479. The number of rotatable bonds is 1. The van der Waals surface area contributed by atoms with Crippen molar-refractivity contribution in [2.24, 2.45) is 0 Å². The van der Waals surface area contributed by atoms with E-state index in [2.05, 4.69) is 11.1 Å². The van der Waals surface area contributed by atoms with Crippen molar-refractivity contribution in [3.8, 4) is 11.8 Å². The number of methoxy groups -OCH3 is 1. The lowest BCUT2D eigenvalue weighted by Gasteiger charge is -2.01. The summed E-state index contributed by atoms with van der Waals surface area (Å²) in [5.74, 6) is 0.763. The van der Waals surface area contributed by atoms with Crippen molar-refractivity contribution in [3.05, 3.63) is 30.0 Å². The molecule has 1 aromatic carbocycles. The predicted molar refractivity (Wildman–Crippen MR) is 49.6 cm³/mol. The highest BCUT2D eigenvalue weighted by molar-refractivity contribution is 5.90. The first-order valence-corrected chi connectivity index (χ1v) is 3.91. The Morgan fingerprint density at radius 3 is 2.92 bits per heavy atom. The summed E-state index contributed by atoms with van der Waals surface area (Å²) < 4.78 is 5.14. The van der Waals surface area contributed by atoms with Gasteiger partial charge < -0.3 is 9.72 Å². The first-order chi connectivity index (χ1) is 6.36. The van der Waals surface area contributed by atoms with Gasteiger partial charge in [-0.15, -0.1) is 0 Å². The zero-order valence-corrected chi connectivity index (χ0v) is 7.16. The highest BCUT2D eigenvalue weighted by Crippen LogP contribution is 2.26. The van der Waals surface area contributed by atoms with Gasteiger partial charge in [0.25, 0.3) is 0 Å². The molecule has 2 aromatic rings. The molecule has 0 aliphatic carbocycles. The van der Waals surface area contributed by atoms with Gasteiger partial charge in [0, 0.05) is 11.6 Å². The van der Waals surface area contributed by atoms with Gasteiger partial charge in [0.15, 0.2) is 0 Å². The molecular formula is C10H8N2O. The summed E-state index contributed by atoms with van der Waals surface area (Å²) in [6, 6.07) is 7.55. The van der Waals surface area contributed by atoms with Crippen LogP contribution < -0.4 is 4.74 Å². The van der Waals surface area contributed by atoms with E-state index in [1.54, 1.807) is 25.4 Å². The van der Waals surface area contributed by atoms with E-state index in [1.165, 1.54) is 0 Å². The quantitative estimate of drug-likeness (QED) is 0.715. The molecular weight excluding hydrogens is 164 g/mol. The van der Waals surface area contributed by atoms with Crippen LogP contribution >= 0.6 is 0 Å². The first kappa shape index (κ1) is 7.69. The second kappa shape index (κ2) is 2.83. The van der Waals surface area contributed by atoms with Gasteiger partial charge in [0.2, 0.25) is 0 Å². The minimum Gasteiger partial charge on any atom is -0.495 e. The third kappa shape index (κ3) is 1.04. The molecule has 0 saturated carbocycles. The lowest BCUT2D eigenvalue weighted by Crippen LogP contribution is -1.85. The van der Waals surface area contributed by atoms with E-state index in [9.17, 15) is 0 Å². The van der Waals surface area contributed by atoms with E-state index in [0.29, 0.717) is 5.56 Å². The molecule has 0 unspecified atom stereocenters. The SMILES string of the molecule is COc1ccc(C#N)c2cc[nH]c12. The number of nitrogens with one attached hydrogen (secondary N) is 1. The fourth-order valence-corrected chi connectivity index (χ4v) is 1.40. The molecule has 13 heavy (non-hydrogen) atoms. The van der Waals surface area contributed by atoms with Crippen molar-refractivity contribution in [3.63, 3.8) is 0 Å². The number of benzene rings is 1. The molecule has 3 nitrogen and oxygen atoms in total. The van der Waals surface area contributed by atoms with Crippen LogP contribution in [0.3, 0.4) is 0 Å². The van der Waals surface area contributed by atoms with Gasteiger partial charge in [-0.05, 0) is 18.2 Å². The highest BCUT2D eigenvalue weighted by atomic mass is 16.5. The van der Waals surface area contributed by atoms with E-state index in [-0.39, 0.29) is 0 Å². The number of hydrogen-bond donors (Lipinski definition) is 1. The van der Waals surface area contributed by atoms with Crippen LogP contribution in [0.4, 0.5) is 0 Å². The number of nitrogens with zero attached hydrogens (tertiary/aromatic N) is 1. The minimum absolute atomic E-state index is 0.664. The van der Waals surface area contributed by atoms with Gasteiger partial charge in [-0.3, -0.25) is 0 Å². The Hall–Kier alpha value is -1.95. The van der Waals surface area contributed by atoms with Gasteiger partial charge in [-0.2, -0.15) is 5.26 Å². The largest absolute Gasteiger partial charge is 0.495 e. The maximum absolute atomic E-state index is 8.81. The average Bonchev–Trinajstić information content (AvgIpc) is 2.64. The van der Waals surface area contributed by atoms with Crippen LogP contribution in [0.1, 0.15) is 5.56 Å². The van der Waals surface area contributed by atoms with Crippen molar-refractivity contribution < 1.29 is 4.74 Å². The summed E-state index contributed by atoms with van der Waals surface area (Å²) in [7, 11) is 1.61. The van der Waals surface area contributed by atoms with E-state index >= 15 is 0 Å². The van der Waals surface area contributed by atoms with Crippen LogP contribution in [-0.4, -0.2) is 12.1 Å². The van der Waals surface area contributed by atoms with Crippen LogP contribution in [0.25, 0.3) is 10.9 Å².